The average molecular weight is 383 g/mol. The number of amides is 1. The monoisotopic (exact) mass is 383 g/mol. The van der Waals surface area contributed by atoms with Gasteiger partial charge in [0, 0.05) is 37.6 Å². The van der Waals surface area contributed by atoms with Crippen molar-refractivity contribution in [1.82, 2.24) is 4.90 Å². The molecule has 1 amide bonds. The number of carbonyl (C=O) groups excluding carboxylic acids is 1. The second-order valence-electron chi connectivity index (χ2n) is 7.59. The number of para-hydroxylation sites is 1. The Kier molecular flexibility index (Phi) is 5.76. The zero-order valence-corrected chi connectivity index (χ0v) is 16.2. The van der Waals surface area contributed by atoms with E-state index in [1.807, 2.05) is 23.1 Å². The second kappa shape index (κ2) is 8.61. The summed E-state index contributed by atoms with van der Waals surface area (Å²) in [6, 6.07) is 17.1. The molecule has 148 valence electrons. The van der Waals surface area contributed by atoms with E-state index >= 15 is 0 Å². The van der Waals surface area contributed by atoms with Crippen molar-refractivity contribution < 1.29 is 14.1 Å². The Labute approximate surface area is 165 Å². The lowest BCUT2D eigenvalue weighted by atomic mass is 10.2. The number of hydrogen-bond acceptors (Lipinski definition) is 3. The fourth-order valence-corrected chi connectivity index (χ4v) is 4.09. The van der Waals surface area contributed by atoms with Gasteiger partial charge in [0.25, 0.3) is 5.91 Å². The number of anilines is 2. The Balaban J connectivity index is 1.22. The van der Waals surface area contributed by atoms with Crippen LogP contribution in [0, 0.1) is 5.82 Å². The lowest BCUT2D eigenvalue weighted by molar-refractivity contribution is -0.892. The molecule has 0 aliphatic carbocycles. The van der Waals surface area contributed by atoms with Gasteiger partial charge < -0.3 is 19.6 Å². The third kappa shape index (κ3) is 4.44. The fraction of sp³-hybridized carbons (Fsp3) is 0.409. The molecule has 5 nitrogen and oxygen atoms in total. The highest BCUT2D eigenvalue weighted by Gasteiger charge is 2.27. The van der Waals surface area contributed by atoms with Crippen molar-refractivity contribution in [2.45, 2.75) is 0 Å². The molecule has 2 saturated heterocycles. The number of nitrogens with one attached hydrogen (secondary N) is 1. The lowest BCUT2D eigenvalue weighted by Crippen LogP contribution is -3.16. The summed E-state index contributed by atoms with van der Waals surface area (Å²) in [5, 5.41) is 0. The first-order valence-electron chi connectivity index (χ1n) is 10.1. The Bertz CT molecular complexity index is 767. The molecule has 4 rings (SSSR count). The fourth-order valence-electron chi connectivity index (χ4n) is 4.09. The van der Waals surface area contributed by atoms with Gasteiger partial charge in [-0.05, 0) is 36.4 Å². The molecular weight excluding hydrogens is 355 g/mol. The molecule has 2 heterocycles. The molecule has 0 saturated carbocycles. The van der Waals surface area contributed by atoms with E-state index in [0.717, 1.165) is 58.0 Å². The summed E-state index contributed by atoms with van der Waals surface area (Å²) in [5.41, 5.74) is 2.29. The zero-order chi connectivity index (χ0) is 19.3. The molecule has 0 unspecified atom stereocenters. The maximum absolute atomic E-state index is 13.1. The van der Waals surface area contributed by atoms with Crippen molar-refractivity contribution in [2.24, 2.45) is 0 Å². The maximum Gasteiger partial charge on any atom is 0.277 e. The summed E-state index contributed by atoms with van der Waals surface area (Å²) >= 11 is 0. The van der Waals surface area contributed by atoms with Crippen molar-refractivity contribution >= 4 is 17.3 Å². The van der Waals surface area contributed by atoms with E-state index < -0.39 is 0 Å². The standard InChI is InChI=1S/C22H27FN4O/c23-19-6-8-21(9-7-19)25-12-10-24(11-13-25)18-22(28)27-16-14-26(15-17-27)20-4-2-1-3-5-20/h1-9H,10-18H2/p+1. The van der Waals surface area contributed by atoms with Crippen molar-refractivity contribution in [2.75, 3.05) is 68.7 Å². The average Bonchev–Trinajstić information content (AvgIpc) is 2.76. The number of hydrogen-bond donors (Lipinski definition) is 1. The van der Waals surface area contributed by atoms with Gasteiger partial charge >= 0.3 is 0 Å². The highest BCUT2D eigenvalue weighted by molar-refractivity contribution is 5.77. The lowest BCUT2D eigenvalue weighted by Gasteiger charge is -2.37. The third-order valence-electron chi connectivity index (χ3n) is 5.82. The van der Waals surface area contributed by atoms with Gasteiger partial charge in [-0.25, -0.2) is 4.39 Å². The van der Waals surface area contributed by atoms with Crippen LogP contribution in [0.25, 0.3) is 0 Å². The molecule has 0 bridgehead atoms. The van der Waals surface area contributed by atoms with E-state index in [2.05, 4.69) is 34.1 Å². The highest BCUT2D eigenvalue weighted by Crippen LogP contribution is 2.16. The quantitative estimate of drug-likeness (QED) is 0.851. The van der Waals surface area contributed by atoms with Gasteiger partial charge in [-0.15, -0.1) is 0 Å². The molecule has 0 aromatic heterocycles. The summed E-state index contributed by atoms with van der Waals surface area (Å²) < 4.78 is 13.1. The van der Waals surface area contributed by atoms with Crippen LogP contribution < -0.4 is 14.7 Å². The number of nitrogens with zero attached hydrogens (tertiary/aromatic N) is 3. The van der Waals surface area contributed by atoms with Gasteiger partial charge in [-0.2, -0.15) is 0 Å². The summed E-state index contributed by atoms with van der Waals surface area (Å²) in [5.74, 6) is 0.0592. The van der Waals surface area contributed by atoms with Crippen LogP contribution in [0.15, 0.2) is 54.6 Å². The molecule has 2 aromatic carbocycles. The predicted octanol–water partition coefficient (Wildman–Crippen LogP) is 0.879. The Morgan fingerprint density at radius 1 is 0.786 bits per heavy atom. The van der Waals surface area contributed by atoms with E-state index in [-0.39, 0.29) is 11.7 Å². The van der Waals surface area contributed by atoms with Crippen LogP contribution in [-0.2, 0) is 4.79 Å². The maximum atomic E-state index is 13.1. The van der Waals surface area contributed by atoms with Gasteiger partial charge in [0.05, 0.1) is 26.2 Å². The van der Waals surface area contributed by atoms with Gasteiger partial charge in [-0.1, -0.05) is 18.2 Å². The summed E-state index contributed by atoms with van der Waals surface area (Å²) in [4.78, 5) is 20.7. The molecule has 1 N–H and O–H groups in total. The molecule has 2 aliphatic heterocycles. The van der Waals surface area contributed by atoms with Crippen LogP contribution >= 0.6 is 0 Å². The van der Waals surface area contributed by atoms with Crippen LogP contribution in [0.4, 0.5) is 15.8 Å². The smallest absolute Gasteiger partial charge is 0.277 e. The van der Waals surface area contributed by atoms with Gasteiger partial charge in [0.1, 0.15) is 5.82 Å². The molecule has 0 atom stereocenters. The minimum absolute atomic E-state index is 0.203. The Morgan fingerprint density at radius 2 is 1.36 bits per heavy atom. The number of halogens is 1. The Morgan fingerprint density at radius 3 is 2.00 bits per heavy atom. The number of quaternary nitrogens is 1. The first-order valence-corrected chi connectivity index (χ1v) is 10.1. The summed E-state index contributed by atoms with van der Waals surface area (Å²) in [6.45, 7) is 7.62. The van der Waals surface area contributed by atoms with Crippen molar-refractivity contribution in [3.05, 3.63) is 60.4 Å². The second-order valence-corrected chi connectivity index (χ2v) is 7.59. The molecule has 2 aromatic rings. The summed E-state index contributed by atoms with van der Waals surface area (Å²) in [6.07, 6.45) is 0. The molecule has 2 fully saturated rings. The number of rotatable bonds is 4. The number of benzene rings is 2. The van der Waals surface area contributed by atoms with E-state index in [1.165, 1.54) is 22.7 Å². The van der Waals surface area contributed by atoms with Gasteiger partial charge in [0.2, 0.25) is 0 Å². The van der Waals surface area contributed by atoms with Crippen LogP contribution in [0.2, 0.25) is 0 Å². The van der Waals surface area contributed by atoms with Gasteiger partial charge in [0.15, 0.2) is 6.54 Å². The van der Waals surface area contributed by atoms with E-state index in [0.29, 0.717) is 6.54 Å². The highest BCUT2D eigenvalue weighted by atomic mass is 19.1. The minimum atomic E-state index is -0.203. The zero-order valence-electron chi connectivity index (χ0n) is 16.2. The largest absolute Gasteiger partial charge is 0.368 e. The molecule has 2 aliphatic rings. The molecule has 28 heavy (non-hydrogen) atoms. The first kappa shape index (κ1) is 18.7. The van der Waals surface area contributed by atoms with E-state index in [9.17, 15) is 9.18 Å². The van der Waals surface area contributed by atoms with E-state index in [4.69, 9.17) is 0 Å². The molecule has 0 spiro atoms. The van der Waals surface area contributed by atoms with Crippen LogP contribution in [0.1, 0.15) is 0 Å². The third-order valence-corrected chi connectivity index (χ3v) is 5.82. The number of piperazine rings is 2. The summed E-state index contributed by atoms with van der Waals surface area (Å²) in [7, 11) is 0. The van der Waals surface area contributed by atoms with Crippen molar-refractivity contribution in [3.63, 3.8) is 0 Å². The predicted molar refractivity (Wildman–Crippen MR) is 109 cm³/mol. The van der Waals surface area contributed by atoms with Crippen molar-refractivity contribution in [3.8, 4) is 0 Å². The molecule has 0 radical (unpaired) electrons. The normalized spacial score (nSPS) is 18.4. The number of carbonyl (C=O) groups is 1. The first-order chi connectivity index (χ1) is 13.7. The topological polar surface area (TPSA) is 31.2 Å². The Hall–Kier alpha value is -2.60. The molecule has 6 heteroatoms. The van der Waals surface area contributed by atoms with Crippen LogP contribution in [-0.4, -0.2) is 69.7 Å². The van der Waals surface area contributed by atoms with Crippen molar-refractivity contribution in [1.29, 1.82) is 0 Å². The molecular formula is C22H28FN4O+. The SMILES string of the molecule is O=C(C[NH+]1CCN(c2ccc(F)cc2)CC1)N1CCN(c2ccccc2)CC1. The van der Waals surface area contributed by atoms with E-state index in [1.54, 1.807) is 0 Å². The van der Waals surface area contributed by atoms with Gasteiger partial charge in [-0.3, -0.25) is 4.79 Å². The minimum Gasteiger partial charge on any atom is -0.368 e. The van der Waals surface area contributed by atoms with Crippen LogP contribution in [0.5, 0.6) is 0 Å². The van der Waals surface area contributed by atoms with Crippen LogP contribution in [0.3, 0.4) is 0 Å².